The van der Waals surface area contributed by atoms with E-state index in [1.54, 1.807) is 35.6 Å². The maximum Gasteiger partial charge on any atom is 0.417 e. The maximum absolute atomic E-state index is 12.8. The van der Waals surface area contributed by atoms with Gasteiger partial charge in [-0.25, -0.2) is 4.79 Å². The molecule has 0 saturated carbocycles. The molecule has 0 aliphatic carbocycles. The maximum atomic E-state index is 12.8. The van der Waals surface area contributed by atoms with E-state index >= 15 is 0 Å². The van der Waals surface area contributed by atoms with Gasteiger partial charge in [0.15, 0.2) is 0 Å². The molecule has 0 bridgehead atoms. The van der Waals surface area contributed by atoms with E-state index in [-0.39, 0.29) is 0 Å². The van der Waals surface area contributed by atoms with Crippen LogP contribution >= 0.6 is 0 Å². The fraction of sp³-hybridized carbons (Fsp3) is 0.385. The van der Waals surface area contributed by atoms with Crippen LogP contribution in [0.1, 0.15) is 6.92 Å². The van der Waals surface area contributed by atoms with Gasteiger partial charge in [-0.2, -0.15) is 13.2 Å². The highest BCUT2D eigenvalue weighted by Crippen LogP contribution is 2.30. The van der Waals surface area contributed by atoms with Gasteiger partial charge in [-0.3, -0.25) is 10.1 Å². The summed E-state index contributed by atoms with van der Waals surface area (Å²) in [6, 6.07) is 8.29. The fourth-order valence-electron chi connectivity index (χ4n) is 1.46. The number of hydrogen-bond acceptors (Lipinski definition) is 3. The second kappa shape index (κ2) is 6.13. The third-order valence-electron chi connectivity index (χ3n) is 3.11. The Morgan fingerprint density at radius 3 is 2.19 bits per heavy atom. The van der Waals surface area contributed by atoms with Crippen LogP contribution in [0.5, 0.6) is 0 Å². The molecule has 0 aliphatic rings. The predicted octanol–water partition coefficient (Wildman–Crippen LogP) is 1.64. The smallest absolute Gasteiger partial charge is 0.417 e. The van der Waals surface area contributed by atoms with Crippen LogP contribution in [0.15, 0.2) is 30.3 Å². The molecule has 0 aromatic heterocycles. The van der Waals surface area contributed by atoms with Crippen molar-refractivity contribution in [3.8, 4) is 0 Å². The Morgan fingerprint density at radius 1 is 1.24 bits per heavy atom. The Bertz CT molecular complexity index is 519. The zero-order valence-corrected chi connectivity index (χ0v) is 11.4. The van der Waals surface area contributed by atoms with Crippen LogP contribution in [0.4, 0.5) is 18.9 Å². The van der Waals surface area contributed by atoms with E-state index in [0.29, 0.717) is 12.6 Å². The number of carboxylic acid groups (broad SMARTS) is 1. The molecule has 8 heteroatoms. The average Bonchev–Trinajstić information content (AvgIpc) is 2.42. The van der Waals surface area contributed by atoms with Crippen molar-refractivity contribution in [1.82, 2.24) is 5.32 Å². The Balaban J connectivity index is 2.78. The summed E-state index contributed by atoms with van der Waals surface area (Å²) in [7, 11) is 1.39. The molecule has 0 saturated heterocycles. The van der Waals surface area contributed by atoms with Gasteiger partial charge in [0.2, 0.25) is 11.4 Å². The number of nitrogens with zero attached hydrogens (tertiary/aromatic N) is 1. The summed E-state index contributed by atoms with van der Waals surface area (Å²) in [6.07, 6.45) is -5.02. The lowest BCUT2D eigenvalue weighted by molar-refractivity contribution is -0.205. The standard InChI is InChI=1S/C13H15F3N2O3/c1-12(11(20)21,13(14,15)16)17-8-10(19)18(2)9-6-4-3-5-7-9/h3-7,17H,8H2,1-2H3,(H,20,21). The van der Waals surface area contributed by atoms with Crippen molar-refractivity contribution in [1.29, 1.82) is 0 Å². The van der Waals surface area contributed by atoms with Crippen LogP contribution in [0.3, 0.4) is 0 Å². The summed E-state index contributed by atoms with van der Waals surface area (Å²) in [4.78, 5) is 23.8. The number of halogens is 3. The number of amides is 1. The number of nitrogens with one attached hydrogen (secondary N) is 1. The number of aliphatic carboxylic acids is 1. The van der Waals surface area contributed by atoms with Gasteiger partial charge in [0.1, 0.15) is 0 Å². The average molecular weight is 304 g/mol. The minimum atomic E-state index is -5.02. The molecule has 116 valence electrons. The second-order valence-electron chi connectivity index (χ2n) is 4.57. The van der Waals surface area contributed by atoms with E-state index in [1.165, 1.54) is 7.05 Å². The Morgan fingerprint density at radius 2 is 1.76 bits per heavy atom. The van der Waals surface area contributed by atoms with Gasteiger partial charge in [0, 0.05) is 12.7 Å². The molecule has 1 unspecified atom stereocenters. The third-order valence-corrected chi connectivity index (χ3v) is 3.11. The molecule has 0 fully saturated rings. The summed E-state index contributed by atoms with van der Waals surface area (Å²) >= 11 is 0. The monoisotopic (exact) mass is 304 g/mol. The van der Waals surface area contributed by atoms with Crippen molar-refractivity contribution in [3.63, 3.8) is 0 Å². The van der Waals surface area contributed by atoms with Crippen LogP contribution < -0.4 is 10.2 Å². The highest BCUT2D eigenvalue weighted by Gasteiger charge is 2.57. The molecule has 0 aliphatic heterocycles. The summed E-state index contributed by atoms with van der Waals surface area (Å²) < 4.78 is 38.3. The van der Waals surface area contributed by atoms with Gasteiger partial charge < -0.3 is 10.0 Å². The first-order chi connectivity index (χ1) is 9.59. The summed E-state index contributed by atoms with van der Waals surface area (Å²) in [5, 5.41) is 10.5. The van der Waals surface area contributed by atoms with E-state index in [9.17, 15) is 22.8 Å². The number of benzene rings is 1. The summed E-state index contributed by atoms with van der Waals surface area (Å²) in [5.74, 6) is -2.77. The first kappa shape index (κ1) is 17.0. The minimum Gasteiger partial charge on any atom is -0.480 e. The highest BCUT2D eigenvalue weighted by atomic mass is 19.4. The van der Waals surface area contributed by atoms with Crippen molar-refractivity contribution < 1.29 is 27.9 Å². The van der Waals surface area contributed by atoms with E-state index in [1.807, 2.05) is 0 Å². The van der Waals surface area contributed by atoms with Crippen LogP contribution in [0.25, 0.3) is 0 Å². The summed E-state index contributed by atoms with van der Waals surface area (Å²) in [6.45, 7) is -0.279. The van der Waals surface area contributed by atoms with Gasteiger partial charge in [-0.05, 0) is 19.1 Å². The van der Waals surface area contributed by atoms with Gasteiger partial charge in [0.05, 0.1) is 6.54 Å². The number of para-hydroxylation sites is 1. The summed E-state index contributed by atoms with van der Waals surface area (Å²) in [5.41, 5.74) is -2.69. The van der Waals surface area contributed by atoms with Crippen LogP contribution in [0, 0.1) is 0 Å². The lowest BCUT2D eigenvalue weighted by Gasteiger charge is -2.29. The minimum absolute atomic E-state index is 0.477. The Labute approximate surface area is 119 Å². The lowest BCUT2D eigenvalue weighted by Crippen LogP contribution is -2.61. The first-order valence-corrected chi connectivity index (χ1v) is 5.96. The quantitative estimate of drug-likeness (QED) is 0.868. The third kappa shape index (κ3) is 3.72. The largest absolute Gasteiger partial charge is 0.480 e. The van der Waals surface area contributed by atoms with E-state index in [2.05, 4.69) is 0 Å². The molecule has 1 atom stereocenters. The van der Waals surface area contributed by atoms with Gasteiger partial charge >= 0.3 is 12.1 Å². The van der Waals surface area contributed by atoms with E-state index < -0.39 is 30.1 Å². The lowest BCUT2D eigenvalue weighted by atomic mass is 10.0. The zero-order chi connectivity index (χ0) is 16.3. The van der Waals surface area contributed by atoms with Gasteiger partial charge in [-0.15, -0.1) is 0 Å². The van der Waals surface area contributed by atoms with Crippen molar-refractivity contribution >= 4 is 17.6 Å². The second-order valence-corrected chi connectivity index (χ2v) is 4.57. The molecule has 5 nitrogen and oxygen atoms in total. The molecule has 0 radical (unpaired) electrons. The number of hydrogen-bond donors (Lipinski definition) is 2. The van der Waals surface area contributed by atoms with Crippen molar-refractivity contribution in [3.05, 3.63) is 30.3 Å². The number of rotatable bonds is 5. The molecule has 0 heterocycles. The van der Waals surface area contributed by atoms with E-state index in [4.69, 9.17) is 5.11 Å². The number of anilines is 1. The topological polar surface area (TPSA) is 69.6 Å². The molecule has 0 spiro atoms. The number of carbonyl (C=O) groups excluding carboxylic acids is 1. The number of carboxylic acids is 1. The van der Waals surface area contributed by atoms with Crippen molar-refractivity contribution in [2.75, 3.05) is 18.5 Å². The van der Waals surface area contributed by atoms with Crippen molar-refractivity contribution in [2.24, 2.45) is 0 Å². The molecule has 2 N–H and O–H groups in total. The van der Waals surface area contributed by atoms with Crippen LogP contribution in [0.2, 0.25) is 0 Å². The number of alkyl halides is 3. The molecular formula is C13H15F3N2O3. The Kier molecular flexibility index (Phi) is 4.95. The number of likely N-dealkylation sites (N-methyl/N-ethyl adjacent to an activating group) is 1. The van der Waals surface area contributed by atoms with Crippen molar-refractivity contribution in [2.45, 2.75) is 18.6 Å². The van der Waals surface area contributed by atoms with E-state index in [0.717, 1.165) is 4.90 Å². The fourth-order valence-corrected chi connectivity index (χ4v) is 1.46. The van der Waals surface area contributed by atoms with Gasteiger partial charge in [0.25, 0.3) is 0 Å². The molecule has 1 rings (SSSR count). The molecule has 1 aromatic carbocycles. The molecule has 1 amide bonds. The zero-order valence-electron chi connectivity index (χ0n) is 11.4. The SMILES string of the molecule is CN(C(=O)CNC(C)(C(=O)O)C(F)(F)F)c1ccccc1. The van der Waals surface area contributed by atoms with Crippen LogP contribution in [-0.2, 0) is 9.59 Å². The Hall–Kier alpha value is -2.09. The molecular weight excluding hydrogens is 289 g/mol. The van der Waals surface area contributed by atoms with Crippen LogP contribution in [-0.4, -0.2) is 42.3 Å². The molecule has 1 aromatic rings. The number of carbonyl (C=O) groups is 2. The highest BCUT2D eigenvalue weighted by molar-refractivity contribution is 5.94. The first-order valence-electron chi connectivity index (χ1n) is 5.96. The predicted molar refractivity (Wildman–Crippen MR) is 70.0 cm³/mol. The molecule has 21 heavy (non-hydrogen) atoms. The van der Waals surface area contributed by atoms with Gasteiger partial charge in [-0.1, -0.05) is 18.2 Å². The normalized spacial score (nSPS) is 14.3.